The lowest BCUT2D eigenvalue weighted by molar-refractivity contribution is 0.0959. The number of nitrogens with one attached hydrogen (secondary N) is 1. The first-order valence-electron chi connectivity index (χ1n) is 11.8. The van der Waals surface area contributed by atoms with E-state index in [1.807, 2.05) is 0 Å². The zero-order chi connectivity index (χ0) is 27.3. The lowest BCUT2D eigenvalue weighted by atomic mass is 10.0. The maximum Gasteiger partial charge on any atom is 0.274 e. The highest BCUT2D eigenvalue weighted by Gasteiger charge is 2.42. The Morgan fingerprint density at radius 3 is 2.55 bits per heavy atom. The standard InChI is InChI=1S/C28H22ClF3N4O2/c1-13-10-35-25(17-5-4-6-18(23(17)31)27(37)33-3)24(32)26(13)36-14(2)7-21(22(29)28(36)38)20-9-19(20)15-8-16(30)12-34-11-15/h4-8,10-12,19-20H,9H2,1-3H3,(H,33,37)/t19-,20+/m1/s1. The molecule has 0 bridgehead atoms. The van der Waals surface area contributed by atoms with Crippen molar-refractivity contribution in [2.24, 2.45) is 0 Å². The Morgan fingerprint density at radius 2 is 1.84 bits per heavy atom. The van der Waals surface area contributed by atoms with Gasteiger partial charge in [-0.25, -0.2) is 13.2 Å². The summed E-state index contributed by atoms with van der Waals surface area (Å²) in [5, 5.41) is 2.27. The van der Waals surface area contributed by atoms with Gasteiger partial charge in [0.2, 0.25) is 0 Å². The Labute approximate surface area is 221 Å². The van der Waals surface area contributed by atoms with Gasteiger partial charge in [-0.3, -0.25) is 24.1 Å². The third-order valence-corrected chi connectivity index (χ3v) is 7.21. The molecule has 0 radical (unpaired) electrons. The van der Waals surface area contributed by atoms with Crippen molar-refractivity contribution >= 4 is 17.5 Å². The maximum atomic E-state index is 16.0. The topological polar surface area (TPSA) is 76.9 Å². The minimum absolute atomic E-state index is 0.0353. The Bertz CT molecular complexity index is 1670. The summed E-state index contributed by atoms with van der Waals surface area (Å²) in [7, 11) is 1.36. The zero-order valence-corrected chi connectivity index (χ0v) is 21.4. The highest BCUT2D eigenvalue weighted by molar-refractivity contribution is 6.31. The average molecular weight is 539 g/mol. The number of amides is 1. The minimum Gasteiger partial charge on any atom is -0.355 e. The van der Waals surface area contributed by atoms with Crippen molar-refractivity contribution < 1.29 is 18.0 Å². The van der Waals surface area contributed by atoms with Gasteiger partial charge in [0, 0.05) is 30.7 Å². The molecule has 1 N–H and O–H groups in total. The molecular weight excluding hydrogens is 517 g/mol. The number of carbonyl (C=O) groups excluding carboxylic acids is 1. The van der Waals surface area contributed by atoms with Gasteiger partial charge in [0.25, 0.3) is 11.5 Å². The van der Waals surface area contributed by atoms with Crippen LogP contribution in [0, 0.1) is 31.3 Å². The molecule has 38 heavy (non-hydrogen) atoms. The van der Waals surface area contributed by atoms with E-state index in [1.54, 1.807) is 26.1 Å². The summed E-state index contributed by atoms with van der Waals surface area (Å²) in [6, 6.07) is 7.14. The van der Waals surface area contributed by atoms with Gasteiger partial charge in [0.05, 0.1) is 17.4 Å². The van der Waals surface area contributed by atoms with Crippen LogP contribution in [0.2, 0.25) is 5.02 Å². The van der Waals surface area contributed by atoms with E-state index < -0.39 is 28.9 Å². The molecule has 1 aliphatic carbocycles. The van der Waals surface area contributed by atoms with E-state index in [1.165, 1.54) is 37.5 Å². The molecule has 6 nitrogen and oxygen atoms in total. The number of pyridine rings is 3. The number of nitrogens with zero attached hydrogens (tertiary/aromatic N) is 3. The molecule has 2 atom stereocenters. The van der Waals surface area contributed by atoms with Crippen LogP contribution in [-0.4, -0.2) is 27.5 Å². The van der Waals surface area contributed by atoms with Gasteiger partial charge in [0.1, 0.15) is 22.4 Å². The SMILES string of the molecule is CNC(=O)c1cccc(-c2ncc(C)c(-n3c(C)cc([C@H]4C[C@@H]4c4cncc(F)c4)c(Cl)c3=O)c2F)c1F. The Balaban J connectivity index is 1.60. The summed E-state index contributed by atoms with van der Waals surface area (Å²) in [5.74, 6) is -3.11. The number of halogens is 4. The molecule has 194 valence electrons. The van der Waals surface area contributed by atoms with Gasteiger partial charge >= 0.3 is 0 Å². The molecule has 0 unspecified atom stereocenters. The van der Waals surface area contributed by atoms with Crippen molar-refractivity contribution in [3.05, 3.63) is 110 Å². The van der Waals surface area contributed by atoms with Crippen molar-refractivity contribution in [3.8, 4) is 16.9 Å². The molecule has 1 saturated carbocycles. The van der Waals surface area contributed by atoms with E-state index in [0.717, 1.165) is 16.3 Å². The fourth-order valence-electron chi connectivity index (χ4n) is 4.87. The molecule has 0 saturated heterocycles. The number of benzene rings is 1. The van der Waals surface area contributed by atoms with Crippen molar-refractivity contribution in [2.45, 2.75) is 32.1 Å². The van der Waals surface area contributed by atoms with Crippen LogP contribution in [0.1, 0.15) is 51.0 Å². The monoisotopic (exact) mass is 538 g/mol. The normalized spacial score (nSPS) is 16.4. The van der Waals surface area contributed by atoms with E-state index >= 15 is 8.78 Å². The van der Waals surface area contributed by atoms with Gasteiger partial charge in [-0.05, 0) is 73.1 Å². The number of carbonyl (C=O) groups is 1. The summed E-state index contributed by atoms with van der Waals surface area (Å²) in [6.07, 6.45) is 4.72. The molecule has 10 heteroatoms. The summed E-state index contributed by atoms with van der Waals surface area (Å²) < 4.78 is 46.0. The van der Waals surface area contributed by atoms with Crippen molar-refractivity contribution in [2.75, 3.05) is 7.05 Å². The number of hydrogen-bond acceptors (Lipinski definition) is 4. The van der Waals surface area contributed by atoms with E-state index in [2.05, 4.69) is 15.3 Å². The minimum atomic E-state index is -0.933. The van der Waals surface area contributed by atoms with Crippen molar-refractivity contribution in [3.63, 3.8) is 0 Å². The van der Waals surface area contributed by atoms with Crippen LogP contribution >= 0.6 is 11.6 Å². The molecule has 1 fully saturated rings. The first-order valence-corrected chi connectivity index (χ1v) is 12.2. The number of aryl methyl sites for hydroxylation is 2. The van der Waals surface area contributed by atoms with Gasteiger partial charge < -0.3 is 5.32 Å². The third-order valence-electron chi connectivity index (χ3n) is 6.83. The fraction of sp³-hybridized carbons (Fsp3) is 0.214. The second-order valence-corrected chi connectivity index (χ2v) is 9.66. The predicted molar refractivity (Wildman–Crippen MR) is 137 cm³/mol. The quantitative estimate of drug-likeness (QED) is 0.358. The molecule has 0 spiro atoms. The van der Waals surface area contributed by atoms with E-state index in [0.29, 0.717) is 23.2 Å². The lowest BCUT2D eigenvalue weighted by Gasteiger charge is -2.18. The second-order valence-electron chi connectivity index (χ2n) is 9.28. The van der Waals surface area contributed by atoms with Crippen LogP contribution in [0.4, 0.5) is 13.2 Å². The lowest BCUT2D eigenvalue weighted by Crippen LogP contribution is -2.24. The average Bonchev–Trinajstić information content (AvgIpc) is 3.69. The molecule has 1 amide bonds. The van der Waals surface area contributed by atoms with Gasteiger partial charge in [-0.15, -0.1) is 0 Å². The van der Waals surface area contributed by atoms with Crippen molar-refractivity contribution in [1.29, 1.82) is 0 Å². The first kappa shape index (κ1) is 25.7. The van der Waals surface area contributed by atoms with Crippen LogP contribution in [0.3, 0.4) is 0 Å². The smallest absolute Gasteiger partial charge is 0.274 e. The van der Waals surface area contributed by atoms with Gasteiger partial charge in [0.15, 0.2) is 5.82 Å². The van der Waals surface area contributed by atoms with Crippen LogP contribution in [-0.2, 0) is 0 Å². The molecule has 1 aliphatic rings. The summed E-state index contributed by atoms with van der Waals surface area (Å²) in [4.78, 5) is 33.5. The highest BCUT2D eigenvalue weighted by Crippen LogP contribution is 2.55. The van der Waals surface area contributed by atoms with Crippen molar-refractivity contribution in [1.82, 2.24) is 19.9 Å². The third kappa shape index (κ3) is 4.26. The first-order chi connectivity index (χ1) is 18.1. The summed E-state index contributed by atoms with van der Waals surface area (Å²) in [6.45, 7) is 3.22. The Kier molecular flexibility index (Phi) is 6.56. The van der Waals surface area contributed by atoms with E-state index in [-0.39, 0.29) is 39.4 Å². The van der Waals surface area contributed by atoms with Gasteiger partial charge in [-0.2, -0.15) is 0 Å². The maximum absolute atomic E-state index is 16.0. The predicted octanol–water partition coefficient (Wildman–Crippen LogP) is 5.61. The van der Waals surface area contributed by atoms with Crippen LogP contribution < -0.4 is 10.9 Å². The van der Waals surface area contributed by atoms with E-state index in [4.69, 9.17) is 11.6 Å². The summed E-state index contributed by atoms with van der Waals surface area (Å²) >= 11 is 6.53. The zero-order valence-electron chi connectivity index (χ0n) is 20.7. The molecule has 1 aromatic carbocycles. The Hall–Kier alpha value is -3.98. The van der Waals surface area contributed by atoms with Gasteiger partial charge in [-0.1, -0.05) is 17.7 Å². The summed E-state index contributed by atoms with van der Waals surface area (Å²) in [5.41, 5.74) is 0.478. The number of rotatable bonds is 5. The van der Waals surface area contributed by atoms with Crippen LogP contribution in [0.5, 0.6) is 0 Å². The fourth-order valence-corrected chi connectivity index (χ4v) is 5.15. The molecular formula is C28H22ClF3N4O2. The number of hydrogen-bond donors (Lipinski definition) is 1. The van der Waals surface area contributed by atoms with Crippen LogP contribution in [0.15, 0.2) is 53.7 Å². The second kappa shape index (κ2) is 9.72. The largest absolute Gasteiger partial charge is 0.355 e. The molecule has 5 rings (SSSR count). The number of aromatic nitrogens is 3. The van der Waals surface area contributed by atoms with Crippen LogP contribution in [0.25, 0.3) is 16.9 Å². The Morgan fingerprint density at radius 1 is 1.08 bits per heavy atom. The molecule has 3 heterocycles. The highest BCUT2D eigenvalue weighted by atomic mass is 35.5. The molecule has 4 aromatic rings. The molecule has 3 aromatic heterocycles. The van der Waals surface area contributed by atoms with E-state index in [9.17, 15) is 14.0 Å². The molecule has 0 aliphatic heterocycles.